The van der Waals surface area contributed by atoms with Gasteiger partial charge in [0.25, 0.3) is 0 Å². The van der Waals surface area contributed by atoms with E-state index >= 15 is 0 Å². The molecule has 2 aromatic heterocycles. The number of aromatic nitrogens is 4. The maximum absolute atomic E-state index is 11.8. The Morgan fingerprint density at radius 3 is 2.48 bits per heavy atom. The van der Waals surface area contributed by atoms with Gasteiger partial charge in [-0.05, 0) is 63.8 Å². The zero-order valence-corrected chi connectivity index (χ0v) is 29.6. The zero-order valence-electron chi connectivity index (χ0n) is 27.9. The van der Waals surface area contributed by atoms with E-state index in [1.165, 1.54) is 44.0 Å². The summed E-state index contributed by atoms with van der Waals surface area (Å²) < 4.78 is 25.9. The highest BCUT2D eigenvalue weighted by Crippen LogP contribution is 2.44. The van der Waals surface area contributed by atoms with Gasteiger partial charge in [0.15, 0.2) is 17.0 Å². The van der Waals surface area contributed by atoms with E-state index < -0.39 is 14.1 Å². The number of rotatable bonds is 13. The predicted molar refractivity (Wildman–Crippen MR) is 184 cm³/mol. The van der Waals surface area contributed by atoms with Crippen molar-refractivity contribution in [3.8, 4) is 5.75 Å². The van der Waals surface area contributed by atoms with Gasteiger partial charge in [0.2, 0.25) is 0 Å². The third-order valence-electron chi connectivity index (χ3n) is 8.37. The van der Waals surface area contributed by atoms with Gasteiger partial charge in [0.05, 0.1) is 30.7 Å². The summed E-state index contributed by atoms with van der Waals surface area (Å²) in [7, 11) is 0.260. The number of imidazole rings is 1. The van der Waals surface area contributed by atoms with Gasteiger partial charge in [0.1, 0.15) is 24.6 Å². The first-order valence-corrected chi connectivity index (χ1v) is 18.7. The molecule has 6 rings (SSSR count). The van der Waals surface area contributed by atoms with Crippen molar-refractivity contribution < 1.29 is 23.3 Å². The fourth-order valence-corrected chi connectivity index (χ4v) is 7.26. The van der Waals surface area contributed by atoms with E-state index in [2.05, 4.69) is 37.2 Å². The molecule has 3 heterocycles. The van der Waals surface area contributed by atoms with Gasteiger partial charge in [-0.25, -0.2) is 20.0 Å². The number of hydrazine groups is 1. The molecule has 1 aliphatic heterocycles. The number of benzene rings is 1. The topological polar surface area (TPSA) is 134 Å². The second-order valence-corrected chi connectivity index (χ2v) is 13.5. The first kappa shape index (κ1) is 36.5. The molecule has 3 fully saturated rings. The number of carbonyl (C=O) groups excluding carboxylic acids is 1. The average molecular weight is 676 g/mol. The minimum Gasteiger partial charge on any atom is -0.436 e. The third-order valence-corrected chi connectivity index (χ3v) is 10.1. The molecular weight excluding hydrogens is 625 g/mol. The van der Waals surface area contributed by atoms with Crippen LogP contribution in [0.25, 0.3) is 11.2 Å². The minimum atomic E-state index is -1.54. The van der Waals surface area contributed by atoms with Crippen LogP contribution < -0.4 is 19.9 Å². The number of anilines is 1. The Hall–Kier alpha value is -2.38. The standard InChI is InChI=1S/C24H32N7O4PS.C6H12O.C2H6/c1-16-5-7-18(8-6-16)35-36(29-24(13-32)9-4-10-24)33-12-19-11-17(2)23(34-19)31-15-27-20-21(28-30-37-3)25-14-26-22(20)31;1-7-6-4-2-3-5-6;1-2/h5-8,13-15,17,19,23,29-30H,4,9-12H2,1-3H3,(H,25,26,28);6H,2-5H2,1H3;1-2H3. The molecule has 0 amide bonds. The summed E-state index contributed by atoms with van der Waals surface area (Å²) in [6.45, 7) is 8.51. The number of nitrogens with zero attached hydrogens (tertiary/aromatic N) is 4. The summed E-state index contributed by atoms with van der Waals surface area (Å²) in [5.41, 5.74) is 4.97. The van der Waals surface area contributed by atoms with Crippen molar-refractivity contribution >= 4 is 43.7 Å². The second-order valence-electron chi connectivity index (χ2n) is 11.7. The summed E-state index contributed by atoms with van der Waals surface area (Å²) in [5.74, 6) is 1.52. The maximum Gasteiger partial charge on any atom is 0.319 e. The molecule has 1 saturated heterocycles. The van der Waals surface area contributed by atoms with Crippen molar-refractivity contribution in [3.63, 3.8) is 0 Å². The zero-order chi connectivity index (χ0) is 32.9. The molecule has 3 aliphatic rings. The predicted octanol–water partition coefficient (Wildman–Crippen LogP) is 6.89. The van der Waals surface area contributed by atoms with Crippen molar-refractivity contribution in [2.24, 2.45) is 5.92 Å². The molecule has 254 valence electrons. The molecule has 4 atom stereocenters. The number of carbonyl (C=O) groups is 1. The van der Waals surface area contributed by atoms with Crippen LogP contribution in [0.2, 0.25) is 0 Å². The lowest BCUT2D eigenvalue weighted by molar-refractivity contribution is -0.115. The summed E-state index contributed by atoms with van der Waals surface area (Å²) in [6, 6.07) is 7.81. The quantitative estimate of drug-likeness (QED) is 0.0754. The number of ether oxygens (including phenoxy) is 2. The highest BCUT2D eigenvalue weighted by atomic mass is 32.2. The molecule has 0 spiro atoms. The van der Waals surface area contributed by atoms with Crippen LogP contribution in [0.1, 0.15) is 83.9 Å². The van der Waals surface area contributed by atoms with E-state index in [1.54, 1.807) is 13.4 Å². The Kier molecular flexibility index (Phi) is 14.5. The maximum atomic E-state index is 11.8. The van der Waals surface area contributed by atoms with Crippen LogP contribution in [0.3, 0.4) is 0 Å². The Balaban J connectivity index is 0.000000466. The van der Waals surface area contributed by atoms with Crippen LogP contribution in [0.4, 0.5) is 5.82 Å². The molecule has 0 bridgehead atoms. The normalized spacial score (nSPS) is 22.6. The Labute approximate surface area is 278 Å². The lowest BCUT2D eigenvalue weighted by Gasteiger charge is -2.39. The molecule has 3 N–H and O–H groups in total. The molecule has 46 heavy (non-hydrogen) atoms. The fourth-order valence-electron chi connectivity index (χ4n) is 5.64. The Bertz CT molecular complexity index is 1340. The molecule has 0 radical (unpaired) electrons. The summed E-state index contributed by atoms with van der Waals surface area (Å²) in [6.07, 6.45) is 15.1. The van der Waals surface area contributed by atoms with E-state index in [0.717, 1.165) is 37.5 Å². The second kappa shape index (κ2) is 18.2. The van der Waals surface area contributed by atoms with Gasteiger partial charge >= 0.3 is 8.53 Å². The van der Waals surface area contributed by atoms with E-state index in [1.807, 2.05) is 55.9 Å². The molecule has 4 unspecified atom stereocenters. The van der Waals surface area contributed by atoms with Crippen molar-refractivity contribution in [2.75, 3.05) is 25.4 Å². The molecular formula is C32H50N7O5PS. The van der Waals surface area contributed by atoms with Gasteiger partial charge in [-0.15, -0.1) is 0 Å². The number of methoxy groups -OCH3 is 1. The number of hydrogen-bond donors (Lipinski definition) is 3. The molecule has 2 saturated carbocycles. The van der Waals surface area contributed by atoms with Gasteiger partial charge in [-0.3, -0.25) is 9.99 Å². The molecule has 12 nitrogen and oxygen atoms in total. The van der Waals surface area contributed by atoms with Crippen LogP contribution in [-0.4, -0.2) is 63.5 Å². The fraction of sp³-hybridized carbons (Fsp3) is 0.625. The van der Waals surface area contributed by atoms with Gasteiger partial charge in [-0.1, -0.05) is 63.3 Å². The van der Waals surface area contributed by atoms with Gasteiger partial charge in [0, 0.05) is 13.0 Å². The lowest BCUT2D eigenvalue weighted by Crippen LogP contribution is -2.50. The molecule has 2 aliphatic carbocycles. The minimum absolute atomic E-state index is 0.142. The largest absolute Gasteiger partial charge is 0.436 e. The highest BCUT2D eigenvalue weighted by Gasteiger charge is 2.41. The van der Waals surface area contributed by atoms with Crippen molar-refractivity contribution in [1.82, 2.24) is 29.4 Å². The molecule has 1 aromatic carbocycles. The van der Waals surface area contributed by atoms with E-state index in [9.17, 15) is 4.79 Å². The van der Waals surface area contributed by atoms with E-state index in [-0.39, 0.29) is 18.2 Å². The van der Waals surface area contributed by atoms with Crippen LogP contribution in [0.5, 0.6) is 5.75 Å². The van der Waals surface area contributed by atoms with Crippen LogP contribution >= 0.6 is 20.5 Å². The van der Waals surface area contributed by atoms with Crippen LogP contribution in [0.15, 0.2) is 36.9 Å². The van der Waals surface area contributed by atoms with Crippen molar-refractivity contribution in [3.05, 3.63) is 42.5 Å². The van der Waals surface area contributed by atoms with Gasteiger partial charge < -0.3 is 23.3 Å². The monoisotopic (exact) mass is 675 g/mol. The smallest absolute Gasteiger partial charge is 0.319 e. The average Bonchev–Trinajstić information content (AvgIpc) is 3.83. The molecule has 14 heteroatoms. The Morgan fingerprint density at radius 1 is 1.13 bits per heavy atom. The van der Waals surface area contributed by atoms with Crippen molar-refractivity contribution in [2.45, 2.75) is 103 Å². The first-order chi connectivity index (χ1) is 22.4. The number of nitrogens with one attached hydrogen (secondary N) is 3. The van der Waals surface area contributed by atoms with E-state index in [4.69, 9.17) is 18.5 Å². The summed E-state index contributed by atoms with van der Waals surface area (Å²) in [5, 5.41) is 3.35. The number of aryl methyl sites for hydroxylation is 1. The number of hydrogen-bond acceptors (Lipinski definition) is 12. The lowest BCUT2D eigenvalue weighted by atomic mass is 9.79. The number of fused-ring (bicyclic) bond motifs is 1. The first-order valence-electron chi connectivity index (χ1n) is 16.2. The van der Waals surface area contributed by atoms with Crippen LogP contribution in [0, 0.1) is 12.8 Å². The number of aldehydes is 1. The van der Waals surface area contributed by atoms with Crippen LogP contribution in [-0.2, 0) is 18.8 Å². The summed E-state index contributed by atoms with van der Waals surface area (Å²) in [4.78, 5) is 28.0. The highest BCUT2D eigenvalue weighted by molar-refractivity contribution is 7.96. The SMILES string of the molecule is CC.COC1CCCC1.CSNNc1ncnc2c1ncn2C1OC(COP(NC2(C=O)CCC2)Oc2ccc(C)cc2)CC1C. The van der Waals surface area contributed by atoms with E-state index in [0.29, 0.717) is 35.4 Å². The van der Waals surface area contributed by atoms with Crippen molar-refractivity contribution in [1.29, 1.82) is 0 Å². The summed E-state index contributed by atoms with van der Waals surface area (Å²) >= 11 is 1.43. The molecule has 3 aromatic rings. The Morgan fingerprint density at radius 2 is 1.87 bits per heavy atom. The van der Waals surface area contributed by atoms with Gasteiger partial charge in [-0.2, -0.15) is 4.83 Å². The third kappa shape index (κ3) is 9.59.